The van der Waals surface area contributed by atoms with Gasteiger partial charge in [0.15, 0.2) is 0 Å². The Kier molecular flexibility index (Phi) is 9.40. The summed E-state index contributed by atoms with van der Waals surface area (Å²) in [6.07, 6.45) is 3.71. The molecule has 0 fully saturated rings. The minimum Gasteiger partial charge on any atom is -0.312 e. The molecule has 0 aliphatic rings. The monoisotopic (exact) mass is 593 g/mol. The number of halogens is 1. The normalized spacial score (nSPS) is 11.5. The minimum atomic E-state index is -4.22. The van der Waals surface area contributed by atoms with E-state index >= 15 is 4.39 Å². The molecule has 1 heterocycles. The first kappa shape index (κ1) is 29.8. The van der Waals surface area contributed by atoms with E-state index in [0.717, 1.165) is 29.5 Å². The Bertz CT molecular complexity index is 1830. The molecule has 218 valence electrons. The average molecular weight is 594 g/mol. The summed E-state index contributed by atoms with van der Waals surface area (Å²) >= 11 is 0. The van der Waals surface area contributed by atoms with Crippen molar-refractivity contribution in [3.63, 3.8) is 0 Å². The lowest BCUT2D eigenvalue weighted by atomic mass is 10.0. The van der Waals surface area contributed by atoms with Crippen LogP contribution in [0.3, 0.4) is 0 Å². The van der Waals surface area contributed by atoms with Gasteiger partial charge in [-0.25, -0.2) is 12.8 Å². The van der Waals surface area contributed by atoms with Crippen LogP contribution < -0.4 is 0 Å². The van der Waals surface area contributed by atoms with Crippen molar-refractivity contribution in [2.75, 3.05) is 6.54 Å². The third-order valence-electron chi connectivity index (χ3n) is 7.32. The Hall–Kier alpha value is -4.65. The van der Waals surface area contributed by atoms with Gasteiger partial charge in [0.1, 0.15) is 22.9 Å². The molecule has 0 atom stereocenters. The van der Waals surface area contributed by atoms with Crippen molar-refractivity contribution in [2.24, 2.45) is 0 Å². The van der Waals surface area contributed by atoms with Crippen LogP contribution in [-0.2, 0) is 29.5 Å². The van der Waals surface area contributed by atoms with E-state index in [1.165, 1.54) is 22.0 Å². The van der Waals surface area contributed by atoms with Crippen LogP contribution in [0.2, 0.25) is 0 Å². The van der Waals surface area contributed by atoms with Gasteiger partial charge in [-0.05, 0) is 72.7 Å². The van der Waals surface area contributed by atoms with Gasteiger partial charge in [-0.2, -0.15) is 9.57 Å². The van der Waals surface area contributed by atoms with Gasteiger partial charge in [-0.3, -0.25) is 0 Å². The maximum atomic E-state index is 15.5. The zero-order valence-corrected chi connectivity index (χ0v) is 24.7. The molecule has 1 aromatic heterocycles. The molecular formula is C34H32FN5O2S. The molecule has 5 aromatic rings. The molecule has 0 spiro atoms. The van der Waals surface area contributed by atoms with Gasteiger partial charge in [0.05, 0.1) is 24.7 Å². The van der Waals surface area contributed by atoms with E-state index in [2.05, 4.69) is 16.3 Å². The molecule has 43 heavy (non-hydrogen) atoms. The molecule has 0 radical (unpaired) electrons. The van der Waals surface area contributed by atoms with Crippen LogP contribution in [0, 0.1) is 24.1 Å². The summed E-state index contributed by atoms with van der Waals surface area (Å²) in [6.45, 7) is 2.48. The topological polar surface area (TPSA) is 91.9 Å². The Morgan fingerprint density at radius 2 is 1.65 bits per heavy atom. The maximum Gasteiger partial charge on any atom is 0.246 e. The lowest BCUT2D eigenvalue weighted by Crippen LogP contribution is -2.33. The highest BCUT2D eigenvalue weighted by atomic mass is 32.2. The quantitative estimate of drug-likeness (QED) is 0.154. The van der Waals surface area contributed by atoms with E-state index in [1.54, 1.807) is 29.1 Å². The predicted molar refractivity (Wildman–Crippen MR) is 164 cm³/mol. The molecule has 5 rings (SSSR count). The van der Waals surface area contributed by atoms with E-state index < -0.39 is 15.8 Å². The van der Waals surface area contributed by atoms with Crippen LogP contribution in [0.1, 0.15) is 40.9 Å². The Morgan fingerprint density at radius 3 is 2.37 bits per heavy atom. The summed E-state index contributed by atoms with van der Waals surface area (Å²) in [6, 6.07) is 31.2. The highest BCUT2D eigenvalue weighted by Crippen LogP contribution is 2.28. The zero-order valence-electron chi connectivity index (χ0n) is 23.9. The molecule has 9 heteroatoms. The Balaban J connectivity index is 1.40. The van der Waals surface area contributed by atoms with Crippen molar-refractivity contribution < 1.29 is 12.8 Å². The van der Waals surface area contributed by atoms with Crippen LogP contribution in [0.15, 0.2) is 108 Å². The number of hydrogen-bond donors (Lipinski definition) is 0. The predicted octanol–water partition coefficient (Wildman–Crippen LogP) is 6.53. The van der Waals surface area contributed by atoms with Crippen LogP contribution in [-0.4, -0.2) is 34.0 Å². The number of sulfonamides is 1. The molecule has 0 aliphatic carbocycles. The standard InChI is InChI=1S/C34H32FN5O2S/c1-26-8-7-12-30(20-26)31-17-18-33(32(35)21-31)43(41,42)40(19-6-5-11-27-9-3-2-4-10-27)24-34-38-37-25-39(34)23-29-15-13-28(22-36)14-16-29/h2-4,7-10,12-18,20-21,25H,5-6,11,19,23-24H2,1H3. The zero-order chi connectivity index (χ0) is 30.2. The number of nitrogens with zero attached hydrogens (tertiary/aromatic N) is 5. The summed E-state index contributed by atoms with van der Waals surface area (Å²) in [5.74, 6) is -0.361. The van der Waals surface area contributed by atoms with E-state index in [1.807, 2.05) is 73.7 Å². The SMILES string of the molecule is Cc1cccc(-c2ccc(S(=O)(=O)N(CCCCc3ccccc3)Cc3nncn3Cc3ccc(C#N)cc3)c(F)c2)c1. The molecule has 4 aromatic carbocycles. The van der Waals surface area contributed by atoms with E-state index in [0.29, 0.717) is 29.9 Å². The number of rotatable bonds is 12. The molecule has 7 nitrogen and oxygen atoms in total. The summed E-state index contributed by atoms with van der Waals surface area (Å²) < 4.78 is 46.6. The highest BCUT2D eigenvalue weighted by molar-refractivity contribution is 7.89. The maximum absolute atomic E-state index is 15.5. The number of aromatic nitrogens is 3. The molecule has 0 bridgehead atoms. The van der Waals surface area contributed by atoms with Crippen molar-refractivity contribution in [2.45, 2.75) is 44.2 Å². The molecule has 0 N–H and O–H groups in total. The van der Waals surface area contributed by atoms with Gasteiger partial charge < -0.3 is 4.57 Å². The summed E-state index contributed by atoms with van der Waals surface area (Å²) in [5.41, 5.74) is 5.09. The van der Waals surface area contributed by atoms with Crippen LogP contribution in [0.25, 0.3) is 11.1 Å². The van der Waals surface area contributed by atoms with Crippen molar-refractivity contribution in [1.29, 1.82) is 5.26 Å². The van der Waals surface area contributed by atoms with Crippen molar-refractivity contribution in [3.05, 3.63) is 137 Å². The first-order valence-electron chi connectivity index (χ1n) is 14.1. The molecule has 0 amide bonds. The van der Waals surface area contributed by atoms with Gasteiger partial charge >= 0.3 is 0 Å². The Morgan fingerprint density at radius 1 is 0.884 bits per heavy atom. The van der Waals surface area contributed by atoms with Gasteiger partial charge in [0.25, 0.3) is 0 Å². The van der Waals surface area contributed by atoms with Gasteiger partial charge in [-0.1, -0.05) is 78.4 Å². The van der Waals surface area contributed by atoms with E-state index in [-0.39, 0.29) is 18.0 Å². The number of nitriles is 1. The lowest BCUT2D eigenvalue weighted by Gasteiger charge is -2.23. The molecule has 0 saturated heterocycles. The molecule has 0 unspecified atom stereocenters. The third-order valence-corrected chi connectivity index (χ3v) is 9.19. The minimum absolute atomic E-state index is 0.0664. The first-order valence-corrected chi connectivity index (χ1v) is 15.5. The van der Waals surface area contributed by atoms with Crippen molar-refractivity contribution in [3.8, 4) is 17.2 Å². The first-order chi connectivity index (χ1) is 20.8. The fourth-order valence-corrected chi connectivity index (χ4v) is 6.45. The largest absolute Gasteiger partial charge is 0.312 e. The number of aryl methyl sites for hydroxylation is 2. The fraction of sp³-hybridized carbons (Fsp3) is 0.206. The average Bonchev–Trinajstić information content (AvgIpc) is 3.45. The summed E-state index contributed by atoms with van der Waals surface area (Å²) in [4.78, 5) is -0.370. The second-order valence-electron chi connectivity index (χ2n) is 10.5. The highest BCUT2D eigenvalue weighted by Gasteiger charge is 2.29. The van der Waals surface area contributed by atoms with Gasteiger partial charge in [-0.15, -0.1) is 10.2 Å². The lowest BCUT2D eigenvalue weighted by molar-refractivity contribution is 0.378. The van der Waals surface area contributed by atoms with Crippen LogP contribution in [0.5, 0.6) is 0 Å². The Labute approximate surface area is 251 Å². The van der Waals surface area contributed by atoms with E-state index in [4.69, 9.17) is 5.26 Å². The summed E-state index contributed by atoms with van der Waals surface area (Å²) in [5, 5.41) is 17.3. The third kappa shape index (κ3) is 7.41. The van der Waals surface area contributed by atoms with E-state index in [9.17, 15) is 8.42 Å². The fourth-order valence-electron chi connectivity index (χ4n) is 4.97. The second-order valence-corrected chi connectivity index (χ2v) is 12.4. The van der Waals surface area contributed by atoms with Crippen molar-refractivity contribution >= 4 is 10.0 Å². The number of hydrogen-bond acceptors (Lipinski definition) is 5. The number of unbranched alkanes of at least 4 members (excludes halogenated alkanes) is 1. The second kappa shape index (κ2) is 13.6. The van der Waals surface area contributed by atoms with Gasteiger partial charge in [0.2, 0.25) is 10.0 Å². The van der Waals surface area contributed by atoms with Gasteiger partial charge in [0, 0.05) is 6.54 Å². The number of benzene rings is 4. The van der Waals surface area contributed by atoms with Crippen molar-refractivity contribution in [1.82, 2.24) is 19.1 Å². The van der Waals surface area contributed by atoms with Crippen LogP contribution in [0.4, 0.5) is 4.39 Å². The molecule has 0 saturated carbocycles. The van der Waals surface area contributed by atoms with Crippen LogP contribution >= 0.6 is 0 Å². The molecule has 0 aliphatic heterocycles. The smallest absolute Gasteiger partial charge is 0.246 e. The summed E-state index contributed by atoms with van der Waals surface area (Å²) in [7, 11) is -4.22. The molecular weight excluding hydrogens is 561 g/mol.